The molecule has 0 fully saturated rings. The molecule has 2 rings (SSSR count). The van der Waals surface area contributed by atoms with Crippen molar-refractivity contribution in [3.05, 3.63) is 53.9 Å². The first-order valence-electron chi connectivity index (χ1n) is 8.65. The van der Waals surface area contributed by atoms with Gasteiger partial charge in [-0.05, 0) is 29.3 Å². The van der Waals surface area contributed by atoms with Crippen LogP contribution in [0.4, 0.5) is 0 Å². The van der Waals surface area contributed by atoms with Crippen molar-refractivity contribution < 1.29 is 19.1 Å². The molecule has 1 heterocycles. The van der Waals surface area contributed by atoms with Gasteiger partial charge in [0.25, 0.3) is 0 Å². The highest BCUT2D eigenvalue weighted by Gasteiger charge is 2.11. The Morgan fingerprint density at radius 3 is 2.52 bits per heavy atom. The van der Waals surface area contributed by atoms with E-state index < -0.39 is 0 Å². The second-order valence-corrected chi connectivity index (χ2v) is 6.02. The number of carbonyl (C=O) groups is 2. The Balaban J connectivity index is 1.84. The van der Waals surface area contributed by atoms with E-state index in [1.54, 1.807) is 43.6 Å². The van der Waals surface area contributed by atoms with Gasteiger partial charge in [0.2, 0.25) is 11.8 Å². The first-order valence-corrected chi connectivity index (χ1v) is 8.65. The van der Waals surface area contributed by atoms with Crippen LogP contribution in [0.15, 0.2) is 42.7 Å². The quantitative estimate of drug-likeness (QED) is 0.727. The van der Waals surface area contributed by atoms with Crippen molar-refractivity contribution in [2.45, 2.75) is 19.9 Å². The van der Waals surface area contributed by atoms with Gasteiger partial charge in [0.1, 0.15) is 0 Å². The van der Waals surface area contributed by atoms with Crippen molar-refractivity contribution in [3.8, 4) is 11.5 Å². The van der Waals surface area contributed by atoms with Crippen molar-refractivity contribution in [1.82, 2.24) is 15.2 Å². The van der Waals surface area contributed by atoms with Crippen LogP contribution in [0, 0.1) is 0 Å². The van der Waals surface area contributed by atoms with Crippen LogP contribution in [0.2, 0.25) is 0 Å². The Hall–Kier alpha value is -3.09. The van der Waals surface area contributed by atoms with Crippen LogP contribution in [0.1, 0.15) is 18.1 Å². The number of ether oxygens (including phenoxy) is 2. The fourth-order valence-electron chi connectivity index (χ4n) is 2.63. The van der Waals surface area contributed by atoms with Crippen LogP contribution in [0.25, 0.3) is 0 Å². The van der Waals surface area contributed by atoms with E-state index in [1.807, 2.05) is 18.2 Å². The zero-order chi connectivity index (χ0) is 19.6. The summed E-state index contributed by atoms with van der Waals surface area (Å²) < 4.78 is 10.4. The molecule has 0 atom stereocenters. The monoisotopic (exact) mass is 371 g/mol. The number of rotatable bonds is 9. The predicted molar refractivity (Wildman–Crippen MR) is 102 cm³/mol. The first kappa shape index (κ1) is 20.2. The Morgan fingerprint density at radius 1 is 1.11 bits per heavy atom. The molecule has 0 saturated carbocycles. The lowest BCUT2D eigenvalue weighted by Gasteiger charge is -2.21. The van der Waals surface area contributed by atoms with E-state index in [0.717, 1.165) is 11.1 Å². The molecule has 1 aromatic heterocycles. The number of nitrogens with zero attached hydrogens (tertiary/aromatic N) is 2. The lowest BCUT2D eigenvalue weighted by Crippen LogP contribution is -2.37. The van der Waals surface area contributed by atoms with Gasteiger partial charge in [-0.1, -0.05) is 12.1 Å². The van der Waals surface area contributed by atoms with Crippen LogP contribution in [0.3, 0.4) is 0 Å². The van der Waals surface area contributed by atoms with E-state index in [-0.39, 0.29) is 18.2 Å². The average Bonchev–Trinajstić information content (AvgIpc) is 2.67. The summed E-state index contributed by atoms with van der Waals surface area (Å²) in [5.74, 6) is 1.04. The lowest BCUT2D eigenvalue weighted by atomic mass is 10.1. The van der Waals surface area contributed by atoms with Crippen molar-refractivity contribution in [1.29, 1.82) is 0 Å². The van der Waals surface area contributed by atoms with E-state index >= 15 is 0 Å². The molecule has 1 aromatic carbocycles. The van der Waals surface area contributed by atoms with Crippen LogP contribution in [0.5, 0.6) is 11.5 Å². The number of methoxy groups -OCH3 is 2. The van der Waals surface area contributed by atoms with Crippen LogP contribution in [-0.2, 0) is 22.6 Å². The summed E-state index contributed by atoms with van der Waals surface area (Å²) in [5, 5.41) is 2.85. The summed E-state index contributed by atoms with van der Waals surface area (Å²) in [5.41, 5.74) is 1.77. The highest BCUT2D eigenvalue weighted by Crippen LogP contribution is 2.27. The summed E-state index contributed by atoms with van der Waals surface area (Å²) in [4.78, 5) is 29.7. The molecule has 144 valence electrons. The third-order valence-electron chi connectivity index (χ3n) is 4.06. The predicted octanol–water partition coefficient (Wildman–Crippen LogP) is 1.81. The molecule has 0 spiro atoms. The maximum atomic E-state index is 12.2. The largest absolute Gasteiger partial charge is 0.493 e. The van der Waals surface area contributed by atoms with Gasteiger partial charge in [0.15, 0.2) is 11.5 Å². The number of aromatic nitrogens is 1. The highest BCUT2D eigenvalue weighted by atomic mass is 16.5. The molecule has 0 bridgehead atoms. The van der Waals surface area contributed by atoms with Gasteiger partial charge in [-0.15, -0.1) is 0 Å². The molecular formula is C20H25N3O4. The number of hydrogen-bond acceptors (Lipinski definition) is 5. The van der Waals surface area contributed by atoms with E-state index in [9.17, 15) is 9.59 Å². The number of pyridine rings is 1. The highest BCUT2D eigenvalue weighted by molar-refractivity contribution is 5.79. The zero-order valence-corrected chi connectivity index (χ0v) is 15.9. The Kier molecular flexibility index (Phi) is 7.61. The fraction of sp³-hybridized carbons (Fsp3) is 0.350. The standard InChI is InChI=1S/C20H25N3O4/c1-15(24)23(14-17-5-4-8-21-13-17)10-9-22-20(25)12-16-6-7-18(26-2)19(11-16)27-3/h4-8,11,13H,9-10,12,14H2,1-3H3,(H,22,25). The second kappa shape index (κ2) is 10.2. The summed E-state index contributed by atoms with van der Waals surface area (Å²) in [6, 6.07) is 9.12. The van der Waals surface area contributed by atoms with E-state index in [2.05, 4.69) is 10.3 Å². The van der Waals surface area contributed by atoms with Gasteiger partial charge in [-0.25, -0.2) is 0 Å². The van der Waals surface area contributed by atoms with Crippen molar-refractivity contribution in [2.24, 2.45) is 0 Å². The topological polar surface area (TPSA) is 80.8 Å². The van der Waals surface area contributed by atoms with Crippen LogP contribution >= 0.6 is 0 Å². The molecule has 0 aliphatic heterocycles. The minimum Gasteiger partial charge on any atom is -0.493 e. The summed E-state index contributed by atoms with van der Waals surface area (Å²) >= 11 is 0. The molecule has 0 radical (unpaired) electrons. The maximum Gasteiger partial charge on any atom is 0.224 e. The zero-order valence-electron chi connectivity index (χ0n) is 15.9. The third kappa shape index (κ3) is 6.29. The molecular weight excluding hydrogens is 346 g/mol. The molecule has 0 aliphatic carbocycles. The van der Waals surface area contributed by atoms with Gasteiger partial charge in [-0.2, -0.15) is 0 Å². The van der Waals surface area contributed by atoms with Gasteiger partial charge in [0, 0.05) is 39.0 Å². The van der Waals surface area contributed by atoms with Crippen molar-refractivity contribution in [3.63, 3.8) is 0 Å². The van der Waals surface area contributed by atoms with Crippen molar-refractivity contribution >= 4 is 11.8 Å². The summed E-state index contributed by atoms with van der Waals surface area (Å²) in [6.07, 6.45) is 3.64. The number of hydrogen-bond donors (Lipinski definition) is 1. The Morgan fingerprint density at radius 2 is 1.89 bits per heavy atom. The smallest absolute Gasteiger partial charge is 0.224 e. The maximum absolute atomic E-state index is 12.2. The van der Waals surface area contributed by atoms with Gasteiger partial charge < -0.3 is 19.7 Å². The molecule has 7 heteroatoms. The van der Waals surface area contributed by atoms with Gasteiger partial charge >= 0.3 is 0 Å². The Bertz CT molecular complexity index is 765. The first-order chi connectivity index (χ1) is 13.0. The Labute approximate surface area is 159 Å². The molecule has 7 nitrogen and oxygen atoms in total. The van der Waals surface area contributed by atoms with Gasteiger partial charge in [-0.3, -0.25) is 14.6 Å². The number of carbonyl (C=O) groups excluding carboxylic acids is 2. The van der Waals surface area contributed by atoms with Crippen LogP contribution < -0.4 is 14.8 Å². The molecule has 1 N–H and O–H groups in total. The van der Waals surface area contributed by atoms with E-state index in [0.29, 0.717) is 31.1 Å². The molecule has 0 unspecified atom stereocenters. The van der Waals surface area contributed by atoms with E-state index in [4.69, 9.17) is 9.47 Å². The minimum absolute atomic E-state index is 0.0482. The third-order valence-corrected chi connectivity index (χ3v) is 4.06. The average molecular weight is 371 g/mol. The SMILES string of the molecule is COc1ccc(CC(=O)NCCN(Cc2cccnc2)C(C)=O)cc1OC. The minimum atomic E-state index is -0.118. The summed E-state index contributed by atoms with van der Waals surface area (Å²) in [7, 11) is 3.12. The van der Waals surface area contributed by atoms with Crippen molar-refractivity contribution in [2.75, 3.05) is 27.3 Å². The molecule has 0 saturated heterocycles. The fourth-order valence-corrected chi connectivity index (χ4v) is 2.63. The summed E-state index contributed by atoms with van der Waals surface area (Å²) in [6.45, 7) is 2.80. The number of nitrogens with one attached hydrogen (secondary N) is 1. The van der Waals surface area contributed by atoms with Gasteiger partial charge in [0.05, 0.1) is 20.6 Å². The van der Waals surface area contributed by atoms with Crippen LogP contribution in [-0.4, -0.2) is 49.0 Å². The molecule has 27 heavy (non-hydrogen) atoms. The molecule has 2 amide bonds. The number of benzene rings is 1. The second-order valence-electron chi connectivity index (χ2n) is 6.02. The molecule has 0 aliphatic rings. The molecule has 2 aromatic rings. The normalized spacial score (nSPS) is 10.2. The van der Waals surface area contributed by atoms with E-state index in [1.165, 1.54) is 6.92 Å². The number of amides is 2. The lowest BCUT2D eigenvalue weighted by molar-refractivity contribution is -0.130.